The number of carboxylic acid groups (broad SMARTS) is 1. The van der Waals surface area contributed by atoms with Crippen molar-refractivity contribution in [3.63, 3.8) is 0 Å². The van der Waals surface area contributed by atoms with Gasteiger partial charge in [-0.05, 0) is 134 Å². The molecule has 2 saturated heterocycles. The van der Waals surface area contributed by atoms with Gasteiger partial charge in [-0.2, -0.15) is 0 Å². The molecule has 0 bridgehead atoms. The fourth-order valence-electron chi connectivity index (χ4n) is 10.6. The molecule has 2 amide bonds. The third-order valence-electron chi connectivity index (χ3n) is 14.3. The van der Waals surface area contributed by atoms with Crippen LogP contribution in [0.3, 0.4) is 0 Å². The number of hydrogen-bond acceptors (Lipinski definition) is 13. The highest BCUT2D eigenvalue weighted by atomic mass is 35.5. The Morgan fingerprint density at radius 1 is 0.634 bits per heavy atom. The molecule has 8 aromatic rings. The van der Waals surface area contributed by atoms with Crippen LogP contribution in [0.2, 0.25) is 10.0 Å². The van der Waals surface area contributed by atoms with Crippen molar-refractivity contribution >= 4 is 103 Å². The highest BCUT2D eigenvalue weighted by Gasteiger charge is 2.32. The molecule has 20 nitrogen and oxygen atoms in total. The van der Waals surface area contributed by atoms with Crippen LogP contribution < -0.4 is 31.6 Å². The standard InChI is InChI=1S/C31H36ClN5O5.C29H32ClN5O5/c1-6-41-28(39)19-13-14-22-24(16-19)35(5)27(38)26-25(22)34-29(37(26)17-20-10-7-8-12-23(20)32)36-15-9-11-21(18-36)33-30(40)42-31(2,3)4;1-29(2,3)40-28(39)31-19-9-7-13-34(16-19)27-32-23-20-12-11-17(26(37)38)14-22(20)33(4)25(36)24(23)35(27)15-18-8-5-6-10-21(18)30/h7-8,10,12-14,16,21H,6,9,11,15,17-18H2,1-5H3,(H,33,40);5-6,8,10-12,14,19H,7,9,13,15-16H2,1-4H3,(H,31,39)(H,37,38)/t21-;19-/m11/s1. The number of benzene rings is 4. The Balaban J connectivity index is 0.000000198. The summed E-state index contributed by atoms with van der Waals surface area (Å²) in [6.45, 7) is 15.9. The van der Waals surface area contributed by atoms with Gasteiger partial charge in [0, 0.05) is 73.2 Å². The Morgan fingerprint density at radius 3 is 1.45 bits per heavy atom. The van der Waals surface area contributed by atoms with Crippen molar-refractivity contribution in [3.05, 3.63) is 138 Å². The van der Waals surface area contributed by atoms with Gasteiger partial charge in [-0.15, -0.1) is 0 Å². The van der Waals surface area contributed by atoms with Crippen LogP contribution in [0, 0.1) is 0 Å². The summed E-state index contributed by atoms with van der Waals surface area (Å²) in [5.41, 5.74) is 3.29. The van der Waals surface area contributed by atoms with E-state index < -0.39 is 35.3 Å². The summed E-state index contributed by atoms with van der Waals surface area (Å²) in [6.07, 6.45) is 2.26. The fourth-order valence-corrected chi connectivity index (χ4v) is 11.0. The first-order valence-electron chi connectivity index (χ1n) is 27.3. The van der Waals surface area contributed by atoms with E-state index in [9.17, 15) is 33.9 Å². The van der Waals surface area contributed by atoms with Crippen LogP contribution in [0.1, 0.15) is 106 Å². The zero-order valence-corrected chi connectivity index (χ0v) is 49.0. The van der Waals surface area contributed by atoms with Gasteiger partial charge in [0.2, 0.25) is 11.9 Å². The molecule has 0 aliphatic carbocycles. The van der Waals surface area contributed by atoms with Gasteiger partial charge in [0.15, 0.2) is 0 Å². The number of halogens is 2. The summed E-state index contributed by atoms with van der Waals surface area (Å²) in [4.78, 5) is 91.0. The van der Waals surface area contributed by atoms with Gasteiger partial charge in [0.1, 0.15) is 33.3 Å². The summed E-state index contributed by atoms with van der Waals surface area (Å²) >= 11 is 13.1. The number of fused-ring (bicyclic) bond motifs is 6. The van der Waals surface area contributed by atoms with Crippen LogP contribution in [-0.2, 0) is 41.4 Å². The van der Waals surface area contributed by atoms with Gasteiger partial charge in [-0.1, -0.05) is 59.6 Å². The van der Waals surface area contributed by atoms with E-state index in [0.717, 1.165) is 42.2 Å². The minimum absolute atomic E-state index is 0.0877. The molecular formula is C60H68Cl2N10O10. The van der Waals surface area contributed by atoms with Crippen LogP contribution in [0.5, 0.6) is 0 Å². The SMILES string of the molecule is CCOC(=O)c1ccc2c3nc(N4CCC[C@@H](NC(=O)OC(C)(C)C)C4)n(Cc4ccccc4Cl)c3c(=O)n(C)c2c1.Cn1c(=O)c2c(nc(N3CCC[C@@H](NC(=O)OC(C)(C)C)C3)n2Cc2ccccc2Cl)c2ccc(C(=O)O)cc21. The largest absolute Gasteiger partial charge is 0.478 e. The molecule has 2 fully saturated rings. The lowest BCUT2D eigenvalue weighted by Gasteiger charge is -2.34. The number of esters is 1. The summed E-state index contributed by atoms with van der Waals surface area (Å²) in [5, 5.41) is 18.0. The lowest BCUT2D eigenvalue weighted by molar-refractivity contribution is 0.0488. The summed E-state index contributed by atoms with van der Waals surface area (Å²) in [6, 6.07) is 24.5. The molecule has 0 spiro atoms. The molecule has 6 heterocycles. The molecule has 2 aliphatic heterocycles. The molecule has 2 atom stereocenters. The first kappa shape index (κ1) is 58.6. The number of aryl methyl sites for hydroxylation is 2. The number of amides is 2. The molecule has 4 aromatic carbocycles. The van der Waals surface area contributed by atoms with E-state index in [1.807, 2.05) is 99.2 Å². The molecule has 10 rings (SSSR count). The Bertz CT molecular complexity index is 3910. The lowest BCUT2D eigenvalue weighted by Crippen LogP contribution is -2.49. The van der Waals surface area contributed by atoms with Crippen LogP contribution in [0.4, 0.5) is 21.5 Å². The second-order valence-electron chi connectivity index (χ2n) is 22.7. The number of carboxylic acids is 1. The molecule has 432 valence electrons. The van der Waals surface area contributed by atoms with Crippen LogP contribution in [0.15, 0.2) is 94.5 Å². The van der Waals surface area contributed by atoms with E-state index in [4.69, 9.17) is 47.4 Å². The predicted octanol–water partition coefficient (Wildman–Crippen LogP) is 10.0. The van der Waals surface area contributed by atoms with Gasteiger partial charge in [-0.25, -0.2) is 29.1 Å². The number of carbonyl (C=O) groups excluding carboxylic acids is 3. The maximum absolute atomic E-state index is 13.9. The molecule has 0 saturated carbocycles. The Kier molecular flexibility index (Phi) is 17.0. The number of aromatic nitrogens is 6. The molecule has 22 heteroatoms. The van der Waals surface area contributed by atoms with Gasteiger partial charge >= 0.3 is 24.1 Å². The van der Waals surface area contributed by atoms with Crippen molar-refractivity contribution in [2.45, 2.75) is 111 Å². The van der Waals surface area contributed by atoms with Crippen molar-refractivity contribution in [1.82, 2.24) is 38.9 Å². The molecule has 82 heavy (non-hydrogen) atoms. The number of aromatic carboxylic acids is 1. The summed E-state index contributed by atoms with van der Waals surface area (Å²) in [7, 11) is 3.32. The highest BCUT2D eigenvalue weighted by Crippen LogP contribution is 2.34. The molecule has 4 aromatic heterocycles. The van der Waals surface area contributed by atoms with Crippen molar-refractivity contribution < 1.29 is 38.5 Å². The van der Waals surface area contributed by atoms with Gasteiger partial charge in [0.25, 0.3) is 11.1 Å². The topological polar surface area (TPSA) is 226 Å². The van der Waals surface area contributed by atoms with Crippen molar-refractivity contribution in [1.29, 1.82) is 0 Å². The van der Waals surface area contributed by atoms with E-state index in [1.165, 1.54) is 21.3 Å². The zero-order chi connectivity index (χ0) is 58.9. The third kappa shape index (κ3) is 12.7. The van der Waals surface area contributed by atoms with Crippen LogP contribution >= 0.6 is 23.2 Å². The Hall–Kier alpha value is -8.10. The number of nitrogens with one attached hydrogen (secondary N) is 2. The zero-order valence-electron chi connectivity index (χ0n) is 47.5. The third-order valence-corrected chi connectivity index (χ3v) is 15.1. The van der Waals surface area contributed by atoms with Crippen LogP contribution in [-0.4, -0.2) is 114 Å². The minimum atomic E-state index is -1.07. The van der Waals surface area contributed by atoms with E-state index in [2.05, 4.69) is 20.4 Å². The second kappa shape index (κ2) is 23.8. The van der Waals surface area contributed by atoms with Gasteiger partial charge in [0.05, 0.1) is 41.9 Å². The van der Waals surface area contributed by atoms with Gasteiger partial charge in [-0.3, -0.25) is 9.59 Å². The highest BCUT2D eigenvalue weighted by molar-refractivity contribution is 6.31. The van der Waals surface area contributed by atoms with Crippen molar-refractivity contribution in [2.24, 2.45) is 14.1 Å². The maximum atomic E-state index is 13.9. The quantitative estimate of drug-likeness (QED) is 0.0809. The summed E-state index contributed by atoms with van der Waals surface area (Å²) in [5.74, 6) is -0.331. The summed E-state index contributed by atoms with van der Waals surface area (Å²) < 4.78 is 22.9. The van der Waals surface area contributed by atoms with Crippen molar-refractivity contribution in [2.75, 3.05) is 42.6 Å². The Labute approximate surface area is 483 Å². The maximum Gasteiger partial charge on any atom is 0.407 e. The van der Waals surface area contributed by atoms with E-state index in [-0.39, 0.29) is 35.4 Å². The average Bonchev–Trinajstić information content (AvgIpc) is 2.25. The molecule has 3 N–H and O–H groups in total. The molecule has 0 unspecified atom stereocenters. The first-order chi connectivity index (χ1) is 38.9. The minimum Gasteiger partial charge on any atom is -0.478 e. The first-order valence-corrected chi connectivity index (χ1v) is 28.1. The monoisotopic (exact) mass is 1160 g/mol. The van der Waals surface area contributed by atoms with Crippen LogP contribution in [0.25, 0.3) is 43.9 Å². The Morgan fingerprint density at radius 2 is 1.05 bits per heavy atom. The number of piperidine rings is 2. The number of alkyl carbamates (subject to hydrolysis) is 2. The number of ether oxygens (including phenoxy) is 3. The van der Waals surface area contributed by atoms with Crippen molar-refractivity contribution in [3.8, 4) is 0 Å². The number of hydrogen-bond donors (Lipinski definition) is 3. The van der Waals surface area contributed by atoms with E-state index >= 15 is 0 Å². The average molecular weight is 1160 g/mol. The van der Waals surface area contributed by atoms with E-state index in [1.54, 1.807) is 45.3 Å². The number of nitrogens with zero attached hydrogens (tertiary/aromatic N) is 8. The lowest BCUT2D eigenvalue weighted by atomic mass is 10.1. The number of pyridine rings is 2. The molecule has 2 aliphatic rings. The molecule has 0 radical (unpaired) electrons. The number of rotatable bonds is 11. The normalized spacial score (nSPS) is 15.8. The fraction of sp³-hybridized carbons (Fsp3) is 0.400. The smallest absolute Gasteiger partial charge is 0.407 e. The second-order valence-corrected chi connectivity index (χ2v) is 23.5. The van der Waals surface area contributed by atoms with Gasteiger partial charge < -0.3 is 58.0 Å². The predicted molar refractivity (Wildman–Crippen MR) is 318 cm³/mol. The number of anilines is 2. The number of imidazole rings is 2. The molecular weight excluding hydrogens is 1090 g/mol. The number of carbonyl (C=O) groups is 4. The van der Waals surface area contributed by atoms with E-state index in [0.29, 0.717) is 105 Å².